The van der Waals surface area contributed by atoms with Gasteiger partial charge in [0.2, 0.25) is 0 Å². The van der Waals surface area contributed by atoms with Gasteiger partial charge in [0.1, 0.15) is 4.70 Å². The van der Waals surface area contributed by atoms with E-state index in [-0.39, 0.29) is 5.56 Å². The summed E-state index contributed by atoms with van der Waals surface area (Å²) in [6, 6.07) is 8.09. The van der Waals surface area contributed by atoms with Crippen molar-refractivity contribution in [3.63, 3.8) is 0 Å². The lowest BCUT2D eigenvalue weighted by Crippen LogP contribution is -2.25. The maximum Gasteiger partial charge on any atom is 0.272 e. The maximum absolute atomic E-state index is 12.9. The van der Waals surface area contributed by atoms with Gasteiger partial charge in [-0.1, -0.05) is 51.3 Å². The minimum atomic E-state index is 0.0555. The summed E-state index contributed by atoms with van der Waals surface area (Å²) in [5.74, 6) is 0.509. The zero-order valence-corrected chi connectivity index (χ0v) is 15.2. The zero-order chi connectivity index (χ0) is 16.4. The molecule has 0 fully saturated rings. The van der Waals surface area contributed by atoms with E-state index in [1.165, 1.54) is 12.8 Å². The zero-order valence-electron chi connectivity index (χ0n) is 13.6. The molecule has 5 heteroatoms. The highest BCUT2D eigenvalue weighted by atomic mass is 32.1. The Labute approximate surface area is 145 Å². The molecule has 0 aliphatic rings. The van der Waals surface area contributed by atoms with Crippen LogP contribution in [0.25, 0.3) is 20.3 Å². The van der Waals surface area contributed by atoms with Crippen LogP contribution in [0.15, 0.2) is 29.1 Å². The van der Waals surface area contributed by atoms with Crippen LogP contribution in [0.4, 0.5) is 0 Å². The number of nitrogens with one attached hydrogen (secondary N) is 1. The van der Waals surface area contributed by atoms with E-state index in [0.29, 0.717) is 10.7 Å². The molecular weight excluding hydrogens is 324 g/mol. The normalized spacial score (nSPS) is 13.0. The molecule has 3 nitrogen and oxygen atoms in total. The largest absolute Gasteiger partial charge is 0.330 e. The minimum absolute atomic E-state index is 0.0555. The standard InChI is InChI=1S/C18H22N2OS2/c1-3-5-8-12(4-2)11-20-17(21)16-15(19-18(20)22)13-9-6-7-10-14(13)23-16/h6-7,9-10,12H,3-5,8,11H2,1-2H3,(H,19,22)/t12-/m0/s1. The van der Waals surface area contributed by atoms with Crippen molar-refractivity contribution >= 4 is 43.9 Å². The lowest BCUT2D eigenvalue weighted by Gasteiger charge is -2.16. The third-order valence-corrected chi connectivity index (χ3v) is 5.98. The molecule has 3 rings (SSSR count). The number of unbranched alkanes of at least 4 members (excludes halogenated alkanes) is 1. The monoisotopic (exact) mass is 346 g/mol. The van der Waals surface area contributed by atoms with Gasteiger partial charge in [-0.05, 0) is 30.6 Å². The van der Waals surface area contributed by atoms with Crippen molar-refractivity contribution in [3.8, 4) is 0 Å². The highest BCUT2D eigenvalue weighted by molar-refractivity contribution is 7.71. The number of aromatic amines is 1. The quantitative estimate of drug-likeness (QED) is 0.599. The number of hydrogen-bond acceptors (Lipinski definition) is 3. The molecule has 0 saturated heterocycles. The van der Waals surface area contributed by atoms with E-state index in [9.17, 15) is 4.79 Å². The molecule has 2 heterocycles. The average Bonchev–Trinajstić information content (AvgIpc) is 2.93. The van der Waals surface area contributed by atoms with Crippen LogP contribution < -0.4 is 5.56 Å². The molecule has 23 heavy (non-hydrogen) atoms. The van der Waals surface area contributed by atoms with Gasteiger partial charge in [-0.2, -0.15) is 0 Å². The molecule has 3 aromatic rings. The molecule has 0 unspecified atom stereocenters. The number of thiophene rings is 1. The van der Waals surface area contributed by atoms with Gasteiger partial charge in [-0.25, -0.2) is 0 Å². The summed E-state index contributed by atoms with van der Waals surface area (Å²) in [4.78, 5) is 16.2. The third-order valence-electron chi connectivity index (χ3n) is 4.50. The van der Waals surface area contributed by atoms with Gasteiger partial charge < -0.3 is 4.98 Å². The van der Waals surface area contributed by atoms with Crippen molar-refractivity contribution < 1.29 is 0 Å². The van der Waals surface area contributed by atoms with Gasteiger partial charge in [0.05, 0.1) is 5.52 Å². The second-order valence-electron chi connectivity index (χ2n) is 6.06. The summed E-state index contributed by atoms with van der Waals surface area (Å²) in [7, 11) is 0. The predicted octanol–water partition coefficient (Wildman–Crippen LogP) is 5.49. The highest BCUT2D eigenvalue weighted by Gasteiger charge is 2.14. The molecule has 0 aliphatic carbocycles. The minimum Gasteiger partial charge on any atom is -0.330 e. The maximum atomic E-state index is 12.9. The van der Waals surface area contributed by atoms with Gasteiger partial charge >= 0.3 is 0 Å². The van der Waals surface area contributed by atoms with Crippen LogP contribution in [-0.4, -0.2) is 9.55 Å². The van der Waals surface area contributed by atoms with E-state index < -0.39 is 0 Å². The summed E-state index contributed by atoms with van der Waals surface area (Å²) in [5.41, 5.74) is 0.943. The average molecular weight is 347 g/mol. The summed E-state index contributed by atoms with van der Waals surface area (Å²) in [6.45, 7) is 5.11. The molecular formula is C18H22N2OS2. The van der Waals surface area contributed by atoms with Crippen molar-refractivity contribution in [3.05, 3.63) is 39.4 Å². The number of hydrogen-bond donors (Lipinski definition) is 1. The molecule has 0 spiro atoms. The Morgan fingerprint density at radius 3 is 2.83 bits per heavy atom. The number of H-pyrrole nitrogens is 1. The van der Waals surface area contributed by atoms with Crippen molar-refractivity contribution in [2.45, 2.75) is 46.1 Å². The van der Waals surface area contributed by atoms with E-state index in [0.717, 1.165) is 39.7 Å². The fourth-order valence-electron chi connectivity index (χ4n) is 3.05. The molecule has 0 aliphatic heterocycles. The summed E-state index contributed by atoms with van der Waals surface area (Å²) in [5, 5.41) is 1.08. The van der Waals surface area contributed by atoms with Crippen LogP contribution in [0.3, 0.4) is 0 Å². The fourth-order valence-corrected chi connectivity index (χ4v) is 4.42. The molecule has 0 saturated carbocycles. The molecule has 2 aromatic heterocycles. The Morgan fingerprint density at radius 2 is 2.09 bits per heavy atom. The van der Waals surface area contributed by atoms with Crippen molar-refractivity contribution in [1.29, 1.82) is 0 Å². The smallest absolute Gasteiger partial charge is 0.272 e. The van der Waals surface area contributed by atoms with Gasteiger partial charge in [0.25, 0.3) is 5.56 Å². The van der Waals surface area contributed by atoms with Crippen LogP contribution in [-0.2, 0) is 6.54 Å². The number of fused-ring (bicyclic) bond motifs is 3. The summed E-state index contributed by atoms with van der Waals surface area (Å²) < 4.78 is 4.21. The number of benzene rings is 1. The Kier molecular flexibility index (Phi) is 4.97. The van der Waals surface area contributed by atoms with Gasteiger partial charge in [0, 0.05) is 16.6 Å². The van der Waals surface area contributed by atoms with Crippen molar-refractivity contribution in [1.82, 2.24) is 9.55 Å². The van der Waals surface area contributed by atoms with Crippen LogP contribution >= 0.6 is 23.6 Å². The van der Waals surface area contributed by atoms with Crippen molar-refractivity contribution in [2.24, 2.45) is 5.92 Å². The topological polar surface area (TPSA) is 37.8 Å². The van der Waals surface area contributed by atoms with Gasteiger partial charge in [-0.3, -0.25) is 9.36 Å². The molecule has 1 N–H and O–H groups in total. The molecule has 0 amide bonds. The first-order valence-electron chi connectivity index (χ1n) is 8.30. The molecule has 1 aromatic carbocycles. The Bertz CT molecular complexity index is 935. The van der Waals surface area contributed by atoms with Crippen LogP contribution in [0.2, 0.25) is 0 Å². The molecule has 1 atom stereocenters. The van der Waals surface area contributed by atoms with Crippen LogP contribution in [0, 0.1) is 10.7 Å². The second kappa shape index (κ2) is 6.97. The number of aromatic nitrogens is 2. The molecule has 0 radical (unpaired) electrons. The second-order valence-corrected chi connectivity index (χ2v) is 7.50. The van der Waals surface area contributed by atoms with E-state index in [1.54, 1.807) is 15.9 Å². The first kappa shape index (κ1) is 16.4. The first-order chi connectivity index (χ1) is 11.2. The Morgan fingerprint density at radius 1 is 1.30 bits per heavy atom. The molecule has 0 bridgehead atoms. The summed E-state index contributed by atoms with van der Waals surface area (Å²) >= 11 is 7.04. The number of rotatable bonds is 6. The van der Waals surface area contributed by atoms with E-state index in [2.05, 4.69) is 24.9 Å². The van der Waals surface area contributed by atoms with E-state index >= 15 is 0 Å². The lowest BCUT2D eigenvalue weighted by molar-refractivity contribution is 0.382. The fraction of sp³-hybridized carbons (Fsp3) is 0.444. The van der Waals surface area contributed by atoms with E-state index in [4.69, 9.17) is 12.2 Å². The lowest BCUT2D eigenvalue weighted by atomic mass is 9.99. The Balaban J connectivity index is 2.09. The SMILES string of the molecule is CCCC[C@H](CC)Cn1c(=S)[nH]c2c(sc3ccccc32)c1=O. The summed E-state index contributed by atoms with van der Waals surface area (Å²) in [6.07, 6.45) is 4.62. The Hall–Kier alpha value is -1.46. The van der Waals surface area contributed by atoms with Gasteiger partial charge in [-0.15, -0.1) is 11.3 Å². The highest BCUT2D eigenvalue weighted by Crippen LogP contribution is 2.30. The third kappa shape index (κ3) is 3.12. The molecule has 122 valence electrons. The number of nitrogens with zero attached hydrogens (tertiary/aromatic N) is 1. The van der Waals surface area contributed by atoms with Gasteiger partial charge in [0.15, 0.2) is 4.77 Å². The van der Waals surface area contributed by atoms with Crippen LogP contribution in [0.1, 0.15) is 39.5 Å². The predicted molar refractivity (Wildman–Crippen MR) is 102 cm³/mol. The first-order valence-corrected chi connectivity index (χ1v) is 9.52. The van der Waals surface area contributed by atoms with Crippen LogP contribution in [0.5, 0.6) is 0 Å². The van der Waals surface area contributed by atoms with E-state index in [1.807, 2.05) is 18.2 Å². The van der Waals surface area contributed by atoms with Crippen molar-refractivity contribution in [2.75, 3.05) is 0 Å².